The molecule has 1 rings (SSSR count). The lowest BCUT2D eigenvalue weighted by atomic mass is 10.2. The van der Waals surface area contributed by atoms with Gasteiger partial charge < -0.3 is 10.5 Å². The predicted molar refractivity (Wildman–Crippen MR) is 66.9 cm³/mol. The van der Waals surface area contributed by atoms with Crippen LogP contribution in [0.2, 0.25) is 0 Å². The lowest BCUT2D eigenvalue weighted by Crippen LogP contribution is -2.50. The average Bonchev–Trinajstić information content (AvgIpc) is 2.78. The molecular weight excluding hydrogens is 258 g/mol. The molecule has 0 spiro atoms. The van der Waals surface area contributed by atoms with Crippen molar-refractivity contribution in [2.45, 2.75) is 38.8 Å². The van der Waals surface area contributed by atoms with Crippen LogP contribution in [0.4, 0.5) is 0 Å². The van der Waals surface area contributed by atoms with Gasteiger partial charge in [0.15, 0.2) is 0 Å². The minimum absolute atomic E-state index is 0.205. The van der Waals surface area contributed by atoms with E-state index in [9.17, 15) is 13.2 Å². The number of nitrogens with one attached hydrogen (secondary N) is 1. The highest BCUT2D eigenvalue weighted by Gasteiger charge is 2.39. The summed E-state index contributed by atoms with van der Waals surface area (Å²) in [5, 5.41) is 0. The van der Waals surface area contributed by atoms with E-state index in [1.54, 1.807) is 13.8 Å². The summed E-state index contributed by atoms with van der Waals surface area (Å²) in [5.74, 6) is -0.485. The van der Waals surface area contributed by atoms with Crippen LogP contribution in [0.25, 0.3) is 0 Å². The van der Waals surface area contributed by atoms with Crippen LogP contribution in [0.5, 0.6) is 0 Å². The molecule has 0 aliphatic carbocycles. The van der Waals surface area contributed by atoms with Crippen LogP contribution in [-0.4, -0.2) is 50.5 Å². The molecule has 0 saturated carbocycles. The molecule has 2 atom stereocenters. The normalized spacial score (nSPS) is 22.9. The van der Waals surface area contributed by atoms with Gasteiger partial charge in [0.2, 0.25) is 0 Å². The number of esters is 1. The van der Waals surface area contributed by atoms with E-state index in [1.165, 1.54) is 0 Å². The molecule has 3 N–H and O–H groups in total. The van der Waals surface area contributed by atoms with Crippen LogP contribution in [0.3, 0.4) is 0 Å². The molecule has 8 heteroatoms. The van der Waals surface area contributed by atoms with E-state index in [2.05, 4.69) is 4.72 Å². The lowest BCUT2D eigenvalue weighted by molar-refractivity contribution is -0.146. The van der Waals surface area contributed by atoms with E-state index in [0.29, 0.717) is 19.4 Å². The van der Waals surface area contributed by atoms with Gasteiger partial charge in [-0.3, -0.25) is 4.79 Å². The first-order valence-corrected chi connectivity index (χ1v) is 7.52. The molecule has 1 heterocycles. The van der Waals surface area contributed by atoms with Crippen molar-refractivity contribution >= 4 is 16.2 Å². The van der Waals surface area contributed by atoms with Crippen LogP contribution in [0, 0.1) is 0 Å². The van der Waals surface area contributed by atoms with Gasteiger partial charge in [-0.2, -0.15) is 17.4 Å². The molecule has 1 fully saturated rings. The Labute approximate surface area is 108 Å². The first-order chi connectivity index (χ1) is 8.42. The molecule has 0 radical (unpaired) electrons. The monoisotopic (exact) mass is 279 g/mol. The Morgan fingerprint density at radius 1 is 1.61 bits per heavy atom. The van der Waals surface area contributed by atoms with Crippen molar-refractivity contribution in [3.63, 3.8) is 0 Å². The second-order valence-corrected chi connectivity index (χ2v) is 5.94. The van der Waals surface area contributed by atoms with Gasteiger partial charge in [0.05, 0.1) is 6.61 Å². The Morgan fingerprint density at radius 3 is 2.83 bits per heavy atom. The fourth-order valence-corrected chi connectivity index (χ4v) is 3.51. The van der Waals surface area contributed by atoms with Crippen LogP contribution < -0.4 is 10.5 Å². The Balaban J connectivity index is 2.77. The number of rotatable bonds is 6. The van der Waals surface area contributed by atoms with Gasteiger partial charge >= 0.3 is 5.97 Å². The third kappa shape index (κ3) is 3.64. The number of hydrogen-bond donors (Lipinski definition) is 2. The standard InChI is InChI=1S/C10H21N3O4S/c1-3-17-10(14)9-5-4-6-13(9)18(15,16)12-8(2)7-11/h8-9,12H,3-7,11H2,1-2H3. The molecular formula is C10H21N3O4S. The molecule has 106 valence electrons. The molecule has 0 aromatic carbocycles. The molecule has 0 amide bonds. The Morgan fingerprint density at radius 2 is 2.28 bits per heavy atom. The largest absolute Gasteiger partial charge is 0.465 e. The van der Waals surface area contributed by atoms with E-state index >= 15 is 0 Å². The van der Waals surface area contributed by atoms with Crippen molar-refractivity contribution < 1.29 is 17.9 Å². The van der Waals surface area contributed by atoms with Gasteiger partial charge in [-0.05, 0) is 26.7 Å². The van der Waals surface area contributed by atoms with Gasteiger partial charge in [0, 0.05) is 19.1 Å². The summed E-state index contributed by atoms with van der Waals surface area (Å²) < 4.78 is 32.6. The summed E-state index contributed by atoms with van der Waals surface area (Å²) >= 11 is 0. The quantitative estimate of drug-likeness (QED) is 0.620. The molecule has 0 aromatic rings. The number of hydrogen-bond acceptors (Lipinski definition) is 5. The summed E-state index contributed by atoms with van der Waals surface area (Å²) in [4.78, 5) is 11.7. The van der Waals surface area contributed by atoms with Crippen LogP contribution in [0.1, 0.15) is 26.7 Å². The Hall–Kier alpha value is -0.700. The molecule has 1 aliphatic heterocycles. The van der Waals surface area contributed by atoms with E-state index in [1.807, 2.05) is 0 Å². The highest BCUT2D eigenvalue weighted by Crippen LogP contribution is 2.21. The van der Waals surface area contributed by atoms with Crippen molar-refractivity contribution in [2.75, 3.05) is 19.7 Å². The van der Waals surface area contributed by atoms with Crippen molar-refractivity contribution in [3.8, 4) is 0 Å². The smallest absolute Gasteiger partial charge is 0.324 e. The first-order valence-electron chi connectivity index (χ1n) is 6.08. The highest BCUT2D eigenvalue weighted by molar-refractivity contribution is 7.87. The molecule has 7 nitrogen and oxygen atoms in total. The van der Waals surface area contributed by atoms with E-state index < -0.39 is 22.2 Å². The van der Waals surface area contributed by atoms with Gasteiger partial charge in [0.25, 0.3) is 10.2 Å². The van der Waals surface area contributed by atoms with E-state index in [4.69, 9.17) is 10.5 Å². The first kappa shape index (κ1) is 15.4. The lowest BCUT2D eigenvalue weighted by Gasteiger charge is -2.24. The molecule has 18 heavy (non-hydrogen) atoms. The number of carbonyl (C=O) groups is 1. The topological polar surface area (TPSA) is 102 Å². The Bertz CT molecular complexity index is 385. The SMILES string of the molecule is CCOC(=O)C1CCCN1S(=O)(=O)NC(C)CN. The number of ether oxygens (including phenoxy) is 1. The number of nitrogens with two attached hydrogens (primary N) is 1. The second kappa shape index (κ2) is 6.46. The maximum atomic E-state index is 12.1. The van der Waals surface area contributed by atoms with Crippen molar-refractivity contribution in [2.24, 2.45) is 5.73 Å². The number of nitrogens with zero attached hydrogens (tertiary/aromatic N) is 1. The van der Waals surface area contributed by atoms with Gasteiger partial charge in [-0.1, -0.05) is 0 Å². The van der Waals surface area contributed by atoms with Crippen molar-refractivity contribution in [3.05, 3.63) is 0 Å². The van der Waals surface area contributed by atoms with Gasteiger partial charge in [-0.15, -0.1) is 0 Å². The molecule has 0 aromatic heterocycles. The van der Waals surface area contributed by atoms with Crippen molar-refractivity contribution in [1.82, 2.24) is 9.03 Å². The summed E-state index contributed by atoms with van der Waals surface area (Å²) in [6.45, 7) is 4.15. The zero-order chi connectivity index (χ0) is 13.8. The minimum atomic E-state index is -3.68. The zero-order valence-electron chi connectivity index (χ0n) is 10.8. The molecule has 0 bridgehead atoms. The fraction of sp³-hybridized carbons (Fsp3) is 0.900. The second-order valence-electron chi connectivity index (χ2n) is 4.28. The summed E-state index contributed by atoms with van der Waals surface area (Å²) in [6.07, 6.45) is 1.15. The maximum absolute atomic E-state index is 12.1. The zero-order valence-corrected chi connectivity index (χ0v) is 11.6. The third-order valence-electron chi connectivity index (χ3n) is 2.77. The third-order valence-corrected chi connectivity index (χ3v) is 4.53. The average molecular weight is 279 g/mol. The summed E-state index contributed by atoms with van der Waals surface area (Å²) in [7, 11) is -3.68. The van der Waals surface area contributed by atoms with Crippen LogP contribution in [0.15, 0.2) is 0 Å². The molecule has 1 aliphatic rings. The maximum Gasteiger partial charge on any atom is 0.324 e. The van der Waals surface area contributed by atoms with Crippen LogP contribution >= 0.6 is 0 Å². The fourth-order valence-electron chi connectivity index (χ4n) is 1.87. The van der Waals surface area contributed by atoms with Gasteiger partial charge in [-0.25, -0.2) is 0 Å². The summed E-state index contributed by atoms with van der Waals surface area (Å²) in [5.41, 5.74) is 5.38. The molecule has 2 unspecified atom stereocenters. The van der Waals surface area contributed by atoms with E-state index in [-0.39, 0.29) is 19.2 Å². The van der Waals surface area contributed by atoms with Crippen LogP contribution in [-0.2, 0) is 19.7 Å². The van der Waals surface area contributed by atoms with E-state index in [0.717, 1.165) is 4.31 Å². The van der Waals surface area contributed by atoms with Crippen molar-refractivity contribution in [1.29, 1.82) is 0 Å². The highest BCUT2D eigenvalue weighted by atomic mass is 32.2. The minimum Gasteiger partial charge on any atom is -0.465 e. The predicted octanol–water partition coefficient (Wildman–Crippen LogP) is -0.804. The molecule has 1 saturated heterocycles. The number of carbonyl (C=O) groups excluding carboxylic acids is 1. The van der Waals surface area contributed by atoms with Gasteiger partial charge in [0.1, 0.15) is 6.04 Å². The Kier molecular flexibility index (Phi) is 5.51. The summed E-state index contributed by atoms with van der Waals surface area (Å²) in [6, 6.07) is -1.08.